The van der Waals surface area contributed by atoms with Crippen molar-refractivity contribution in [2.75, 3.05) is 6.54 Å². The largest absolute Gasteiger partial charge is 0.312 e. The Kier molecular flexibility index (Phi) is 2.81. The summed E-state index contributed by atoms with van der Waals surface area (Å²) >= 11 is 0. The molecule has 1 aliphatic rings. The average Bonchev–Trinajstić information content (AvgIpc) is 1.65. The first-order valence-electron chi connectivity index (χ1n) is 2.47. The third-order valence-electron chi connectivity index (χ3n) is 1.43. The Bertz CT molecular complexity index is 107. The number of hydrogen-bond acceptors (Lipinski definition) is 2. The highest BCUT2D eigenvalue weighted by molar-refractivity contribution is 5.85. The summed E-state index contributed by atoms with van der Waals surface area (Å²) < 4.78 is 0. The Morgan fingerprint density at radius 1 is 1.75 bits per heavy atom. The molecule has 0 aromatic heterocycles. The maximum Gasteiger partial charge on any atom is 0.0738 e. The number of rotatable bonds is 0. The number of hydrogen-bond donors (Lipinski definition) is 1. The molecule has 3 heteroatoms. The van der Waals surface area contributed by atoms with Gasteiger partial charge in [0.15, 0.2) is 0 Å². The molecule has 0 radical (unpaired) electrons. The van der Waals surface area contributed by atoms with Crippen LogP contribution in [0.2, 0.25) is 0 Å². The lowest BCUT2D eigenvalue weighted by atomic mass is 9.95. The summed E-state index contributed by atoms with van der Waals surface area (Å²) in [5.41, 5.74) is 0. The van der Waals surface area contributed by atoms with Crippen LogP contribution in [0.25, 0.3) is 0 Å². The molecule has 1 saturated heterocycles. The number of halogens is 1. The molecular weight excluding hydrogens is 124 g/mol. The summed E-state index contributed by atoms with van der Waals surface area (Å²) in [6.45, 7) is 2.91. The highest BCUT2D eigenvalue weighted by Crippen LogP contribution is 2.09. The van der Waals surface area contributed by atoms with Gasteiger partial charge in [-0.2, -0.15) is 5.26 Å². The molecule has 2 atom stereocenters. The normalized spacial score (nSPS) is 34.0. The maximum absolute atomic E-state index is 8.27. The van der Waals surface area contributed by atoms with Gasteiger partial charge >= 0.3 is 0 Å². The van der Waals surface area contributed by atoms with Crippen molar-refractivity contribution in [1.82, 2.24) is 5.32 Å². The molecule has 1 rings (SSSR count). The summed E-state index contributed by atoms with van der Waals surface area (Å²) in [5.74, 6) is 0.278. The maximum atomic E-state index is 8.27. The van der Waals surface area contributed by atoms with Gasteiger partial charge in [-0.3, -0.25) is 0 Å². The van der Waals surface area contributed by atoms with E-state index in [2.05, 4.69) is 11.4 Å². The van der Waals surface area contributed by atoms with Crippen LogP contribution in [-0.4, -0.2) is 12.6 Å². The molecule has 0 aromatic carbocycles. The van der Waals surface area contributed by atoms with Crippen molar-refractivity contribution < 1.29 is 0 Å². The highest BCUT2D eigenvalue weighted by atomic mass is 35.5. The van der Waals surface area contributed by atoms with E-state index in [-0.39, 0.29) is 18.3 Å². The Morgan fingerprint density at radius 2 is 2.38 bits per heavy atom. The molecule has 0 spiro atoms. The van der Waals surface area contributed by atoms with Gasteiger partial charge < -0.3 is 5.32 Å². The minimum Gasteiger partial charge on any atom is -0.312 e. The lowest BCUT2D eigenvalue weighted by Crippen LogP contribution is -2.49. The van der Waals surface area contributed by atoms with Gasteiger partial charge in [-0.1, -0.05) is 0 Å². The second-order valence-corrected chi connectivity index (χ2v) is 1.93. The number of nitrogens with one attached hydrogen (secondary N) is 1. The third-order valence-corrected chi connectivity index (χ3v) is 1.43. The Balaban J connectivity index is 0.000000490. The summed E-state index contributed by atoms with van der Waals surface area (Å²) in [7, 11) is 0. The number of nitrogens with zero attached hydrogens (tertiary/aromatic N) is 1. The zero-order chi connectivity index (χ0) is 5.28. The van der Waals surface area contributed by atoms with Crippen LogP contribution in [0.15, 0.2) is 0 Å². The third kappa shape index (κ3) is 1.12. The molecule has 1 N–H and O–H groups in total. The van der Waals surface area contributed by atoms with Crippen molar-refractivity contribution in [3.63, 3.8) is 0 Å². The van der Waals surface area contributed by atoms with Gasteiger partial charge in [0.05, 0.1) is 12.0 Å². The summed E-state index contributed by atoms with van der Waals surface area (Å²) in [6, 6.07) is 2.62. The van der Waals surface area contributed by atoms with Gasteiger partial charge in [-0.05, 0) is 6.92 Å². The van der Waals surface area contributed by atoms with Crippen molar-refractivity contribution in [2.45, 2.75) is 13.0 Å². The second-order valence-electron chi connectivity index (χ2n) is 1.93. The van der Waals surface area contributed by atoms with Crippen molar-refractivity contribution in [1.29, 1.82) is 5.26 Å². The molecule has 0 amide bonds. The standard InChI is InChI=1S/C5H8N2.ClH/c1-4-5(2-6)3-7-4;/h4-5,7H,3H2,1H3;1H. The fourth-order valence-corrected chi connectivity index (χ4v) is 0.629. The molecule has 0 bridgehead atoms. The average molecular weight is 133 g/mol. The lowest BCUT2D eigenvalue weighted by molar-refractivity contribution is 0.315. The van der Waals surface area contributed by atoms with Crippen molar-refractivity contribution in [3.05, 3.63) is 0 Å². The van der Waals surface area contributed by atoms with E-state index < -0.39 is 0 Å². The van der Waals surface area contributed by atoms with E-state index >= 15 is 0 Å². The van der Waals surface area contributed by atoms with Crippen LogP contribution in [0.5, 0.6) is 0 Å². The molecular formula is C5H9ClN2. The topological polar surface area (TPSA) is 35.8 Å². The van der Waals surface area contributed by atoms with E-state index in [9.17, 15) is 0 Å². The number of nitriles is 1. The van der Waals surface area contributed by atoms with Gasteiger partial charge in [0.25, 0.3) is 0 Å². The summed E-state index contributed by atoms with van der Waals surface area (Å²) in [5, 5.41) is 11.4. The Labute approximate surface area is 55.3 Å². The molecule has 2 nitrogen and oxygen atoms in total. The van der Waals surface area contributed by atoms with Gasteiger partial charge in [-0.15, -0.1) is 12.4 Å². The monoisotopic (exact) mass is 132 g/mol. The van der Waals surface area contributed by atoms with E-state index in [1.165, 1.54) is 0 Å². The van der Waals surface area contributed by atoms with Crippen LogP contribution in [0, 0.1) is 17.2 Å². The SMILES string of the molecule is CC1NCC1C#N.Cl. The summed E-state index contributed by atoms with van der Waals surface area (Å²) in [6.07, 6.45) is 0. The molecule has 0 aromatic rings. The van der Waals surface area contributed by atoms with Crippen LogP contribution in [0.3, 0.4) is 0 Å². The predicted molar refractivity (Wildman–Crippen MR) is 33.8 cm³/mol. The quantitative estimate of drug-likeness (QED) is 0.522. The van der Waals surface area contributed by atoms with E-state index in [0.29, 0.717) is 6.04 Å². The molecule has 0 saturated carbocycles. The zero-order valence-electron chi connectivity index (χ0n) is 4.72. The smallest absolute Gasteiger partial charge is 0.0738 e. The highest BCUT2D eigenvalue weighted by Gasteiger charge is 2.24. The molecule has 46 valence electrons. The molecule has 1 aliphatic heterocycles. The van der Waals surface area contributed by atoms with E-state index in [1.807, 2.05) is 6.92 Å². The lowest BCUT2D eigenvalue weighted by Gasteiger charge is -2.29. The van der Waals surface area contributed by atoms with Gasteiger partial charge in [-0.25, -0.2) is 0 Å². The van der Waals surface area contributed by atoms with E-state index in [4.69, 9.17) is 5.26 Å². The van der Waals surface area contributed by atoms with Crippen LogP contribution in [0.4, 0.5) is 0 Å². The first-order valence-corrected chi connectivity index (χ1v) is 2.47. The van der Waals surface area contributed by atoms with Gasteiger partial charge in [0.2, 0.25) is 0 Å². The van der Waals surface area contributed by atoms with Crippen LogP contribution >= 0.6 is 12.4 Å². The Morgan fingerprint density at radius 3 is 2.38 bits per heavy atom. The van der Waals surface area contributed by atoms with Crippen LogP contribution in [0.1, 0.15) is 6.92 Å². The molecule has 2 unspecified atom stereocenters. The minimum atomic E-state index is 0. The fraction of sp³-hybridized carbons (Fsp3) is 0.800. The first kappa shape index (κ1) is 7.74. The Hall–Kier alpha value is -0.260. The fourth-order valence-electron chi connectivity index (χ4n) is 0.629. The zero-order valence-corrected chi connectivity index (χ0v) is 5.53. The molecule has 8 heavy (non-hydrogen) atoms. The predicted octanol–water partition coefficient (Wildman–Crippen LogP) is 0.540. The first-order chi connectivity index (χ1) is 3.34. The van der Waals surface area contributed by atoms with Crippen LogP contribution < -0.4 is 5.32 Å². The second kappa shape index (κ2) is 2.91. The van der Waals surface area contributed by atoms with Gasteiger partial charge in [0, 0.05) is 12.6 Å². The molecule has 0 aliphatic carbocycles. The minimum absolute atomic E-state index is 0. The van der Waals surface area contributed by atoms with Crippen molar-refractivity contribution >= 4 is 12.4 Å². The summed E-state index contributed by atoms with van der Waals surface area (Å²) in [4.78, 5) is 0. The molecule has 1 heterocycles. The van der Waals surface area contributed by atoms with E-state index in [0.717, 1.165) is 6.54 Å². The van der Waals surface area contributed by atoms with E-state index in [1.54, 1.807) is 0 Å². The van der Waals surface area contributed by atoms with Crippen molar-refractivity contribution in [3.8, 4) is 6.07 Å². The van der Waals surface area contributed by atoms with Crippen molar-refractivity contribution in [2.24, 2.45) is 5.92 Å². The molecule has 1 fully saturated rings. The van der Waals surface area contributed by atoms with Crippen LogP contribution in [-0.2, 0) is 0 Å². The van der Waals surface area contributed by atoms with Gasteiger partial charge in [0.1, 0.15) is 0 Å².